The molecule has 9 heteroatoms. The van der Waals surface area contributed by atoms with E-state index >= 15 is 0 Å². The van der Waals surface area contributed by atoms with Crippen LogP contribution in [0.5, 0.6) is 5.88 Å². The molecule has 1 N–H and O–H groups in total. The zero-order valence-electron chi connectivity index (χ0n) is 12.0. The second kappa shape index (κ2) is 8.35. The topological polar surface area (TPSA) is 70.6 Å². The SMILES string of the molecule is CNCC(=O)N1CCN(c2ncc(Br)c(OC)n2)CC1.Cl. The van der Waals surface area contributed by atoms with Gasteiger partial charge in [0.25, 0.3) is 0 Å². The molecule has 1 aliphatic heterocycles. The molecule has 7 nitrogen and oxygen atoms in total. The number of piperazine rings is 1. The summed E-state index contributed by atoms with van der Waals surface area (Å²) in [6, 6.07) is 0. The predicted octanol–water partition coefficient (Wildman–Crippen LogP) is 0.537. The summed E-state index contributed by atoms with van der Waals surface area (Å²) in [4.78, 5) is 24.3. The maximum absolute atomic E-state index is 11.8. The molecule has 0 saturated carbocycles. The van der Waals surface area contributed by atoms with Gasteiger partial charge >= 0.3 is 0 Å². The van der Waals surface area contributed by atoms with Crippen LogP contribution >= 0.6 is 28.3 Å². The second-order valence-corrected chi connectivity index (χ2v) is 5.28. The van der Waals surface area contributed by atoms with Crippen molar-refractivity contribution in [1.82, 2.24) is 20.2 Å². The molecule has 2 rings (SSSR count). The van der Waals surface area contributed by atoms with Crippen LogP contribution in [-0.2, 0) is 4.79 Å². The highest BCUT2D eigenvalue weighted by molar-refractivity contribution is 9.10. The van der Waals surface area contributed by atoms with Gasteiger partial charge in [-0.25, -0.2) is 4.98 Å². The molecule has 1 saturated heterocycles. The summed E-state index contributed by atoms with van der Waals surface area (Å²) in [5, 5.41) is 2.88. The number of carbonyl (C=O) groups is 1. The molecule has 0 aromatic carbocycles. The van der Waals surface area contributed by atoms with Crippen LogP contribution in [0.4, 0.5) is 5.95 Å². The highest BCUT2D eigenvalue weighted by Gasteiger charge is 2.22. The Morgan fingerprint density at radius 3 is 2.67 bits per heavy atom. The molecule has 2 heterocycles. The first-order valence-electron chi connectivity index (χ1n) is 6.39. The number of anilines is 1. The minimum absolute atomic E-state index is 0. The molecule has 1 fully saturated rings. The number of nitrogens with one attached hydrogen (secondary N) is 1. The summed E-state index contributed by atoms with van der Waals surface area (Å²) in [7, 11) is 3.35. The summed E-state index contributed by atoms with van der Waals surface area (Å²) >= 11 is 3.33. The maximum atomic E-state index is 11.8. The Kier molecular flexibility index (Phi) is 7.13. The van der Waals surface area contributed by atoms with E-state index < -0.39 is 0 Å². The molecule has 21 heavy (non-hydrogen) atoms. The van der Waals surface area contributed by atoms with Crippen molar-refractivity contribution in [3.63, 3.8) is 0 Å². The molecule has 0 unspecified atom stereocenters. The van der Waals surface area contributed by atoms with E-state index in [9.17, 15) is 4.79 Å². The number of carbonyl (C=O) groups excluding carboxylic acids is 1. The second-order valence-electron chi connectivity index (χ2n) is 4.43. The lowest BCUT2D eigenvalue weighted by Gasteiger charge is -2.34. The van der Waals surface area contributed by atoms with Crippen LogP contribution < -0.4 is 15.0 Å². The van der Waals surface area contributed by atoms with Crippen molar-refractivity contribution in [2.75, 3.05) is 51.8 Å². The summed E-state index contributed by atoms with van der Waals surface area (Å²) in [5.41, 5.74) is 0. The predicted molar refractivity (Wildman–Crippen MR) is 86.3 cm³/mol. The summed E-state index contributed by atoms with van der Waals surface area (Å²) < 4.78 is 5.90. The number of halogens is 2. The monoisotopic (exact) mass is 379 g/mol. The van der Waals surface area contributed by atoms with E-state index in [0.29, 0.717) is 31.5 Å². The van der Waals surface area contributed by atoms with E-state index in [-0.39, 0.29) is 18.3 Å². The molecule has 0 bridgehead atoms. The lowest BCUT2D eigenvalue weighted by atomic mass is 10.3. The maximum Gasteiger partial charge on any atom is 0.236 e. The van der Waals surface area contributed by atoms with Crippen molar-refractivity contribution in [1.29, 1.82) is 0 Å². The molecule has 0 atom stereocenters. The van der Waals surface area contributed by atoms with Crippen molar-refractivity contribution in [2.24, 2.45) is 0 Å². The van der Waals surface area contributed by atoms with Crippen LogP contribution in [0.25, 0.3) is 0 Å². The first-order chi connectivity index (χ1) is 9.65. The Labute approximate surface area is 138 Å². The Bertz CT molecular complexity index is 483. The van der Waals surface area contributed by atoms with Gasteiger partial charge in [-0.15, -0.1) is 12.4 Å². The molecule has 1 amide bonds. The highest BCUT2D eigenvalue weighted by atomic mass is 79.9. The molecule has 1 aromatic heterocycles. The molecule has 1 aliphatic rings. The fraction of sp³-hybridized carbons (Fsp3) is 0.583. The van der Waals surface area contributed by atoms with E-state index in [1.54, 1.807) is 20.4 Å². The lowest BCUT2D eigenvalue weighted by Crippen LogP contribution is -2.51. The summed E-state index contributed by atoms with van der Waals surface area (Å²) in [5.74, 6) is 1.27. The Hall–Kier alpha value is -1.12. The van der Waals surface area contributed by atoms with Crippen LogP contribution in [0, 0.1) is 0 Å². The zero-order valence-corrected chi connectivity index (χ0v) is 14.4. The zero-order chi connectivity index (χ0) is 14.5. The number of likely N-dealkylation sites (N-methyl/N-ethyl adjacent to an activating group) is 1. The van der Waals surface area contributed by atoms with Crippen LogP contribution in [0.2, 0.25) is 0 Å². The normalized spacial score (nSPS) is 14.6. The number of ether oxygens (including phenoxy) is 1. The van der Waals surface area contributed by atoms with Gasteiger partial charge in [-0.1, -0.05) is 0 Å². The molecular formula is C12H19BrClN5O2. The minimum Gasteiger partial charge on any atom is -0.480 e. The number of rotatable bonds is 4. The van der Waals surface area contributed by atoms with Crippen LogP contribution in [0.1, 0.15) is 0 Å². The third kappa shape index (κ3) is 4.42. The van der Waals surface area contributed by atoms with Gasteiger partial charge in [0.2, 0.25) is 17.7 Å². The molecule has 0 radical (unpaired) electrons. The van der Waals surface area contributed by atoms with Gasteiger partial charge in [0, 0.05) is 26.2 Å². The van der Waals surface area contributed by atoms with E-state index in [1.807, 2.05) is 4.90 Å². The minimum atomic E-state index is 0. The van der Waals surface area contributed by atoms with Crippen molar-refractivity contribution in [2.45, 2.75) is 0 Å². The molecule has 118 valence electrons. The molecule has 1 aromatic rings. The standard InChI is InChI=1S/C12H18BrN5O2.ClH/c1-14-8-10(19)17-3-5-18(6-4-17)12-15-7-9(13)11(16-12)20-2;/h7,14H,3-6,8H2,1-2H3;1H. The third-order valence-electron chi connectivity index (χ3n) is 3.14. The van der Waals surface area contributed by atoms with Crippen molar-refractivity contribution in [3.8, 4) is 5.88 Å². The number of hydrogen-bond acceptors (Lipinski definition) is 6. The fourth-order valence-corrected chi connectivity index (χ4v) is 2.41. The van der Waals surface area contributed by atoms with Crippen molar-refractivity contribution < 1.29 is 9.53 Å². The third-order valence-corrected chi connectivity index (χ3v) is 3.68. The highest BCUT2D eigenvalue weighted by Crippen LogP contribution is 2.23. The van der Waals surface area contributed by atoms with E-state index in [0.717, 1.165) is 17.6 Å². The van der Waals surface area contributed by atoms with E-state index in [1.165, 1.54) is 0 Å². The van der Waals surface area contributed by atoms with Gasteiger partial charge in [-0.2, -0.15) is 4.98 Å². The van der Waals surface area contributed by atoms with Gasteiger partial charge in [-0.05, 0) is 23.0 Å². The average Bonchev–Trinajstić information content (AvgIpc) is 2.48. The number of amides is 1. The summed E-state index contributed by atoms with van der Waals surface area (Å²) in [6.07, 6.45) is 1.68. The number of aromatic nitrogens is 2. The lowest BCUT2D eigenvalue weighted by molar-refractivity contribution is -0.130. The smallest absolute Gasteiger partial charge is 0.236 e. The van der Waals surface area contributed by atoms with Gasteiger partial charge in [0.1, 0.15) is 0 Å². The van der Waals surface area contributed by atoms with Crippen molar-refractivity contribution >= 4 is 40.2 Å². The Morgan fingerprint density at radius 1 is 1.43 bits per heavy atom. The average molecular weight is 381 g/mol. The van der Waals surface area contributed by atoms with Crippen LogP contribution in [-0.4, -0.2) is 67.7 Å². The van der Waals surface area contributed by atoms with Gasteiger partial charge in [0.15, 0.2) is 0 Å². The van der Waals surface area contributed by atoms with Crippen LogP contribution in [0.15, 0.2) is 10.7 Å². The van der Waals surface area contributed by atoms with Crippen LogP contribution in [0.3, 0.4) is 0 Å². The number of hydrogen-bond donors (Lipinski definition) is 1. The summed E-state index contributed by atoms with van der Waals surface area (Å²) in [6.45, 7) is 3.19. The number of methoxy groups -OCH3 is 1. The quantitative estimate of drug-likeness (QED) is 0.822. The Morgan fingerprint density at radius 2 is 2.10 bits per heavy atom. The van der Waals surface area contributed by atoms with Gasteiger partial charge < -0.3 is 19.9 Å². The first kappa shape index (κ1) is 17.9. The first-order valence-corrected chi connectivity index (χ1v) is 7.19. The molecule has 0 spiro atoms. The Balaban J connectivity index is 0.00000220. The van der Waals surface area contributed by atoms with E-state index in [2.05, 4.69) is 36.1 Å². The number of nitrogens with zero attached hydrogens (tertiary/aromatic N) is 4. The van der Waals surface area contributed by atoms with Gasteiger partial charge in [0.05, 0.1) is 24.3 Å². The van der Waals surface area contributed by atoms with E-state index in [4.69, 9.17) is 4.74 Å². The molecule has 0 aliphatic carbocycles. The van der Waals surface area contributed by atoms with Crippen molar-refractivity contribution in [3.05, 3.63) is 10.7 Å². The molecular weight excluding hydrogens is 362 g/mol. The fourth-order valence-electron chi connectivity index (χ4n) is 2.06. The largest absolute Gasteiger partial charge is 0.480 e. The van der Waals surface area contributed by atoms with Gasteiger partial charge in [-0.3, -0.25) is 4.79 Å².